The minimum atomic E-state index is -1.14. The number of anilines is 1. The molecule has 0 aliphatic rings. The number of carboxylic acid groups (broad SMARTS) is 1. The molecule has 0 atom stereocenters. The summed E-state index contributed by atoms with van der Waals surface area (Å²) in [6.07, 6.45) is 2.73. The molecular weight excluding hydrogens is 350 g/mol. The number of amides is 1. The van der Waals surface area contributed by atoms with E-state index in [1.807, 2.05) is 0 Å². The van der Waals surface area contributed by atoms with Crippen molar-refractivity contribution in [3.05, 3.63) is 51.5 Å². The van der Waals surface area contributed by atoms with E-state index in [0.29, 0.717) is 10.2 Å². The van der Waals surface area contributed by atoms with Gasteiger partial charge in [0.25, 0.3) is 5.91 Å². The van der Waals surface area contributed by atoms with Gasteiger partial charge in [-0.2, -0.15) is 0 Å². The first kappa shape index (κ1) is 14.4. The second-order valence-corrected chi connectivity index (χ2v) is 4.96. The van der Waals surface area contributed by atoms with E-state index in [4.69, 9.17) is 16.7 Å². The third-order valence-corrected chi connectivity index (χ3v) is 3.03. The summed E-state index contributed by atoms with van der Waals surface area (Å²) >= 11 is 9.03. The summed E-state index contributed by atoms with van der Waals surface area (Å²) in [5.74, 6) is -1.60. The second kappa shape index (κ2) is 5.98. The van der Waals surface area contributed by atoms with Crippen molar-refractivity contribution in [2.45, 2.75) is 0 Å². The Morgan fingerprint density at radius 3 is 2.60 bits per heavy atom. The van der Waals surface area contributed by atoms with Crippen molar-refractivity contribution in [3.8, 4) is 0 Å². The molecule has 1 amide bonds. The molecule has 0 aromatic carbocycles. The lowest BCUT2D eigenvalue weighted by atomic mass is 10.2. The minimum absolute atomic E-state index is 0.0702. The van der Waals surface area contributed by atoms with Gasteiger partial charge in [0.05, 0.1) is 17.4 Å². The predicted octanol–water partition coefficient (Wildman–Crippen LogP) is 2.84. The molecule has 0 aliphatic carbocycles. The fourth-order valence-electron chi connectivity index (χ4n) is 1.37. The van der Waals surface area contributed by atoms with Crippen molar-refractivity contribution in [1.29, 1.82) is 0 Å². The molecule has 8 heteroatoms. The summed E-state index contributed by atoms with van der Waals surface area (Å²) in [6, 6.07) is 4.26. The number of halogens is 2. The van der Waals surface area contributed by atoms with Crippen LogP contribution in [0.4, 0.5) is 5.69 Å². The maximum Gasteiger partial charge on any atom is 0.354 e. The topological polar surface area (TPSA) is 92.2 Å². The molecular formula is C12H7BrClN3O3. The van der Waals surface area contributed by atoms with Crippen LogP contribution in [-0.4, -0.2) is 27.0 Å². The zero-order valence-corrected chi connectivity index (χ0v) is 12.1. The fourth-order valence-corrected chi connectivity index (χ4v) is 1.90. The number of carbonyl (C=O) groups excluding carboxylic acids is 1. The molecule has 0 fully saturated rings. The van der Waals surface area contributed by atoms with Crippen LogP contribution in [0.15, 0.2) is 35.1 Å². The van der Waals surface area contributed by atoms with Gasteiger partial charge in [0.15, 0.2) is 0 Å². The molecule has 0 aliphatic heterocycles. The van der Waals surface area contributed by atoms with Crippen LogP contribution in [-0.2, 0) is 0 Å². The Morgan fingerprint density at radius 1 is 1.25 bits per heavy atom. The van der Waals surface area contributed by atoms with Crippen molar-refractivity contribution in [1.82, 2.24) is 9.97 Å². The first-order chi connectivity index (χ1) is 9.47. The number of hydrogen-bond donors (Lipinski definition) is 2. The number of carbonyl (C=O) groups is 2. The van der Waals surface area contributed by atoms with Crippen LogP contribution in [0.3, 0.4) is 0 Å². The average molecular weight is 357 g/mol. The Kier molecular flexibility index (Phi) is 4.31. The highest BCUT2D eigenvalue weighted by molar-refractivity contribution is 9.10. The lowest BCUT2D eigenvalue weighted by Crippen LogP contribution is -2.13. The van der Waals surface area contributed by atoms with E-state index in [2.05, 4.69) is 31.2 Å². The van der Waals surface area contributed by atoms with Gasteiger partial charge in [0.1, 0.15) is 10.8 Å². The molecule has 2 aromatic rings. The lowest BCUT2D eigenvalue weighted by Gasteiger charge is -2.06. The number of rotatable bonds is 3. The Bertz CT molecular complexity index is 676. The summed E-state index contributed by atoms with van der Waals surface area (Å²) in [5, 5.41) is 11.3. The van der Waals surface area contributed by atoms with E-state index in [0.717, 1.165) is 0 Å². The molecule has 2 heterocycles. The number of carboxylic acids is 1. The lowest BCUT2D eigenvalue weighted by molar-refractivity contribution is 0.0690. The Morgan fingerprint density at radius 2 is 2.00 bits per heavy atom. The van der Waals surface area contributed by atoms with Gasteiger partial charge < -0.3 is 10.4 Å². The highest BCUT2D eigenvalue weighted by Crippen LogP contribution is 2.19. The molecule has 102 valence electrons. The van der Waals surface area contributed by atoms with Gasteiger partial charge in [-0.3, -0.25) is 4.79 Å². The molecule has 0 spiro atoms. The van der Waals surface area contributed by atoms with Crippen LogP contribution in [0.5, 0.6) is 0 Å². The van der Waals surface area contributed by atoms with Crippen LogP contribution >= 0.6 is 27.5 Å². The third-order valence-electron chi connectivity index (χ3n) is 2.29. The molecule has 0 unspecified atom stereocenters. The molecule has 2 N–H and O–H groups in total. The van der Waals surface area contributed by atoms with Crippen molar-refractivity contribution in [2.75, 3.05) is 5.32 Å². The Labute approximate surface area is 126 Å². The molecule has 0 bridgehead atoms. The average Bonchev–Trinajstić information content (AvgIpc) is 2.42. The number of hydrogen-bond acceptors (Lipinski definition) is 4. The molecule has 0 saturated carbocycles. The summed E-state index contributed by atoms with van der Waals surface area (Å²) in [6.45, 7) is 0. The first-order valence-corrected chi connectivity index (χ1v) is 6.46. The first-order valence-electron chi connectivity index (χ1n) is 5.29. The van der Waals surface area contributed by atoms with Crippen molar-refractivity contribution < 1.29 is 14.7 Å². The molecule has 2 aromatic heterocycles. The molecule has 0 radical (unpaired) electrons. The normalized spacial score (nSPS) is 10.1. The van der Waals surface area contributed by atoms with Gasteiger partial charge in [-0.1, -0.05) is 11.6 Å². The standard InChI is InChI=1S/C12H7BrClN3O3/c13-6-3-8(10(14)16-4-6)11(18)17-7-1-2-9(12(19)20)15-5-7/h1-5H,(H,17,18)(H,19,20). The van der Waals surface area contributed by atoms with E-state index < -0.39 is 11.9 Å². The monoisotopic (exact) mass is 355 g/mol. The number of nitrogens with zero attached hydrogens (tertiary/aromatic N) is 2. The van der Waals surface area contributed by atoms with Gasteiger partial charge in [-0.15, -0.1) is 0 Å². The SMILES string of the molecule is O=C(O)c1ccc(NC(=O)c2cc(Br)cnc2Cl)cn1. The summed E-state index contributed by atoms with van der Waals surface area (Å²) in [4.78, 5) is 30.2. The highest BCUT2D eigenvalue weighted by Gasteiger charge is 2.13. The zero-order chi connectivity index (χ0) is 14.7. The van der Waals surface area contributed by atoms with E-state index in [1.54, 1.807) is 0 Å². The van der Waals surface area contributed by atoms with Crippen LogP contribution < -0.4 is 5.32 Å². The summed E-state index contributed by atoms with van der Waals surface area (Å²) in [5.41, 5.74) is 0.449. The van der Waals surface area contributed by atoms with Crippen molar-refractivity contribution in [3.63, 3.8) is 0 Å². The quantitative estimate of drug-likeness (QED) is 0.825. The van der Waals surface area contributed by atoms with Crippen LogP contribution in [0.25, 0.3) is 0 Å². The number of nitrogens with one attached hydrogen (secondary N) is 1. The largest absolute Gasteiger partial charge is 0.477 e. The molecule has 2 rings (SSSR count). The predicted molar refractivity (Wildman–Crippen MR) is 76.1 cm³/mol. The zero-order valence-electron chi connectivity index (χ0n) is 9.80. The van der Waals surface area contributed by atoms with Crippen LogP contribution in [0.1, 0.15) is 20.8 Å². The van der Waals surface area contributed by atoms with Crippen molar-refractivity contribution in [2.24, 2.45) is 0 Å². The summed E-state index contributed by atoms with van der Waals surface area (Å²) < 4.78 is 0.617. The molecule has 6 nitrogen and oxygen atoms in total. The van der Waals surface area contributed by atoms with E-state index in [9.17, 15) is 9.59 Å². The van der Waals surface area contributed by atoms with Crippen LogP contribution in [0.2, 0.25) is 5.15 Å². The van der Waals surface area contributed by atoms with Gasteiger partial charge in [-0.05, 0) is 34.1 Å². The summed E-state index contributed by atoms with van der Waals surface area (Å²) in [7, 11) is 0. The minimum Gasteiger partial charge on any atom is -0.477 e. The smallest absolute Gasteiger partial charge is 0.354 e. The Hall–Kier alpha value is -1.99. The number of aromatic carboxylic acids is 1. The second-order valence-electron chi connectivity index (χ2n) is 3.68. The fraction of sp³-hybridized carbons (Fsp3) is 0. The van der Waals surface area contributed by atoms with Crippen LogP contribution in [0, 0.1) is 0 Å². The molecule has 0 saturated heterocycles. The van der Waals surface area contributed by atoms with E-state index >= 15 is 0 Å². The van der Waals surface area contributed by atoms with Gasteiger partial charge in [-0.25, -0.2) is 14.8 Å². The number of aromatic nitrogens is 2. The maximum absolute atomic E-state index is 12.0. The highest BCUT2D eigenvalue weighted by atomic mass is 79.9. The van der Waals surface area contributed by atoms with E-state index in [1.165, 1.54) is 30.6 Å². The van der Waals surface area contributed by atoms with E-state index in [-0.39, 0.29) is 16.4 Å². The molecule has 20 heavy (non-hydrogen) atoms. The Balaban J connectivity index is 2.19. The maximum atomic E-state index is 12.0. The van der Waals surface area contributed by atoms with Gasteiger partial charge in [0, 0.05) is 10.7 Å². The van der Waals surface area contributed by atoms with Gasteiger partial charge in [0.2, 0.25) is 0 Å². The number of pyridine rings is 2. The van der Waals surface area contributed by atoms with Gasteiger partial charge >= 0.3 is 5.97 Å². The third kappa shape index (κ3) is 3.31. The van der Waals surface area contributed by atoms with Crippen molar-refractivity contribution >= 4 is 45.1 Å².